The van der Waals surface area contributed by atoms with E-state index in [-0.39, 0.29) is 6.03 Å². The van der Waals surface area contributed by atoms with E-state index in [2.05, 4.69) is 15.6 Å². The Morgan fingerprint density at radius 2 is 2.19 bits per heavy atom. The van der Waals surface area contributed by atoms with Crippen molar-refractivity contribution in [3.05, 3.63) is 39.3 Å². The van der Waals surface area contributed by atoms with Crippen molar-refractivity contribution in [3.8, 4) is 0 Å². The minimum absolute atomic E-state index is 0.272. The maximum atomic E-state index is 12.0. The number of anilines is 2. The molecule has 21 heavy (non-hydrogen) atoms. The molecule has 2 amide bonds. The lowest BCUT2D eigenvalue weighted by molar-refractivity contribution is 0.252. The molecule has 5 nitrogen and oxygen atoms in total. The fraction of sp³-hybridized carbons (Fsp3) is 0.286. The van der Waals surface area contributed by atoms with Gasteiger partial charge in [0.25, 0.3) is 0 Å². The summed E-state index contributed by atoms with van der Waals surface area (Å²) in [6.45, 7) is 2.39. The highest BCUT2D eigenvalue weighted by atomic mass is 35.5. The molecule has 2 aromatic rings. The van der Waals surface area contributed by atoms with E-state index in [0.29, 0.717) is 17.3 Å². The van der Waals surface area contributed by atoms with Crippen LogP contribution in [0.2, 0.25) is 5.02 Å². The maximum Gasteiger partial charge on any atom is 0.319 e. The molecule has 0 saturated carbocycles. The lowest BCUT2D eigenvalue weighted by Gasteiger charge is -2.18. The molecule has 7 heteroatoms. The van der Waals surface area contributed by atoms with E-state index in [1.54, 1.807) is 29.7 Å². The summed E-state index contributed by atoms with van der Waals surface area (Å²) in [5.41, 5.74) is 1.56. The molecule has 0 aliphatic heterocycles. The lowest BCUT2D eigenvalue weighted by atomic mass is 10.2. The summed E-state index contributed by atoms with van der Waals surface area (Å²) in [6, 6.07) is 5.11. The topological polar surface area (TPSA) is 57.3 Å². The predicted molar refractivity (Wildman–Crippen MR) is 88.5 cm³/mol. The number of nitrogens with one attached hydrogen (secondary N) is 2. The van der Waals surface area contributed by atoms with Gasteiger partial charge in [-0.1, -0.05) is 11.6 Å². The second-order valence-electron chi connectivity index (χ2n) is 4.71. The first-order valence-corrected chi connectivity index (χ1v) is 7.58. The van der Waals surface area contributed by atoms with E-state index in [4.69, 9.17) is 11.6 Å². The summed E-state index contributed by atoms with van der Waals surface area (Å²) < 4.78 is 0. The average Bonchev–Trinajstić information content (AvgIpc) is 2.82. The molecular weight excluding hydrogens is 308 g/mol. The molecule has 1 heterocycles. The van der Waals surface area contributed by atoms with Gasteiger partial charge < -0.3 is 15.5 Å². The molecule has 1 aromatic carbocycles. The SMILES string of the molecule is Cc1ncc(CNC(=O)Nc2cc(Cl)ccc2N(C)C)s1. The Bertz CT molecular complexity index is 642. The van der Waals surface area contributed by atoms with Crippen LogP contribution in [0.1, 0.15) is 9.88 Å². The number of aromatic nitrogens is 1. The van der Waals surface area contributed by atoms with Crippen LogP contribution in [0.5, 0.6) is 0 Å². The van der Waals surface area contributed by atoms with Crippen molar-refractivity contribution in [2.75, 3.05) is 24.3 Å². The van der Waals surface area contributed by atoms with Crippen molar-refractivity contribution < 1.29 is 4.79 Å². The molecule has 112 valence electrons. The van der Waals surface area contributed by atoms with Gasteiger partial charge >= 0.3 is 6.03 Å². The standard InChI is InChI=1S/C14H17ClN4OS/c1-9-16-7-11(21-9)8-17-14(20)18-12-6-10(15)4-5-13(12)19(2)3/h4-7H,8H2,1-3H3,(H2,17,18,20). The van der Waals surface area contributed by atoms with Crippen LogP contribution in [-0.2, 0) is 6.54 Å². The first-order chi connectivity index (χ1) is 9.95. The first kappa shape index (κ1) is 15.6. The summed E-state index contributed by atoms with van der Waals surface area (Å²) >= 11 is 7.55. The van der Waals surface area contributed by atoms with Crippen LogP contribution in [0, 0.1) is 6.92 Å². The molecule has 2 N–H and O–H groups in total. The number of aryl methyl sites for hydroxylation is 1. The number of halogens is 1. The van der Waals surface area contributed by atoms with Gasteiger partial charge in [-0.05, 0) is 25.1 Å². The van der Waals surface area contributed by atoms with E-state index >= 15 is 0 Å². The van der Waals surface area contributed by atoms with Crippen molar-refractivity contribution in [2.24, 2.45) is 0 Å². The van der Waals surface area contributed by atoms with Crippen molar-refractivity contribution in [2.45, 2.75) is 13.5 Å². The van der Waals surface area contributed by atoms with Gasteiger partial charge in [-0.3, -0.25) is 0 Å². The second kappa shape index (κ2) is 6.78. The Balaban J connectivity index is 2.00. The molecule has 0 aliphatic carbocycles. The highest BCUT2D eigenvalue weighted by Gasteiger charge is 2.09. The van der Waals surface area contributed by atoms with Gasteiger partial charge in [0.15, 0.2) is 0 Å². The normalized spacial score (nSPS) is 10.3. The van der Waals surface area contributed by atoms with E-state index in [1.807, 2.05) is 32.0 Å². The average molecular weight is 325 g/mol. The predicted octanol–water partition coefficient (Wildman–Crippen LogP) is 3.49. The fourth-order valence-electron chi connectivity index (χ4n) is 1.82. The Hall–Kier alpha value is -1.79. The van der Waals surface area contributed by atoms with Crippen molar-refractivity contribution >= 4 is 40.3 Å². The Morgan fingerprint density at radius 1 is 1.43 bits per heavy atom. The van der Waals surface area contributed by atoms with Gasteiger partial charge in [0.05, 0.1) is 22.9 Å². The summed E-state index contributed by atoms with van der Waals surface area (Å²) in [6.07, 6.45) is 1.77. The third-order valence-electron chi connectivity index (χ3n) is 2.78. The van der Waals surface area contributed by atoms with E-state index in [9.17, 15) is 4.79 Å². The van der Waals surface area contributed by atoms with Gasteiger partial charge in [0.1, 0.15) is 0 Å². The smallest absolute Gasteiger partial charge is 0.319 e. The fourth-order valence-corrected chi connectivity index (χ4v) is 2.73. The van der Waals surface area contributed by atoms with Crippen LogP contribution < -0.4 is 15.5 Å². The number of urea groups is 1. The Morgan fingerprint density at radius 3 is 2.81 bits per heavy atom. The number of carbonyl (C=O) groups excluding carboxylic acids is 1. The molecule has 0 unspecified atom stereocenters. The largest absolute Gasteiger partial charge is 0.376 e. The van der Waals surface area contributed by atoms with Crippen molar-refractivity contribution in [1.29, 1.82) is 0 Å². The van der Waals surface area contributed by atoms with Gasteiger partial charge in [0, 0.05) is 30.2 Å². The van der Waals surface area contributed by atoms with Crippen LogP contribution in [-0.4, -0.2) is 25.1 Å². The number of rotatable bonds is 4. The first-order valence-electron chi connectivity index (χ1n) is 6.39. The highest BCUT2D eigenvalue weighted by molar-refractivity contribution is 7.11. The molecule has 2 rings (SSSR count). The third kappa shape index (κ3) is 4.34. The number of nitrogens with zero attached hydrogens (tertiary/aromatic N) is 2. The van der Waals surface area contributed by atoms with Crippen LogP contribution >= 0.6 is 22.9 Å². The van der Waals surface area contributed by atoms with Gasteiger partial charge in [-0.25, -0.2) is 9.78 Å². The van der Waals surface area contributed by atoms with Crippen molar-refractivity contribution in [1.82, 2.24) is 10.3 Å². The molecule has 0 atom stereocenters. The van der Waals surface area contributed by atoms with Gasteiger partial charge in [-0.15, -0.1) is 11.3 Å². The summed E-state index contributed by atoms with van der Waals surface area (Å²) in [7, 11) is 3.82. The van der Waals surface area contributed by atoms with Crippen molar-refractivity contribution in [3.63, 3.8) is 0 Å². The zero-order valence-electron chi connectivity index (χ0n) is 12.1. The van der Waals surface area contributed by atoms with Gasteiger partial charge in [-0.2, -0.15) is 0 Å². The van der Waals surface area contributed by atoms with E-state index in [0.717, 1.165) is 15.6 Å². The minimum Gasteiger partial charge on any atom is -0.376 e. The molecule has 1 aromatic heterocycles. The summed E-state index contributed by atoms with van der Waals surface area (Å²) in [5, 5.41) is 7.18. The van der Waals surface area contributed by atoms with Crippen LogP contribution in [0.25, 0.3) is 0 Å². The number of carbonyl (C=O) groups is 1. The molecule has 0 radical (unpaired) electrons. The van der Waals surface area contributed by atoms with Crippen LogP contribution in [0.15, 0.2) is 24.4 Å². The number of amides is 2. The summed E-state index contributed by atoms with van der Waals surface area (Å²) in [5.74, 6) is 0. The zero-order chi connectivity index (χ0) is 15.4. The lowest BCUT2D eigenvalue weighted by Crippen LogP contribution is -2.28. The molecule has 0 fully saturated rings. The van der Waals surface area contributed by atoms with Gasteiger partial charge in [0.2, 0.25) is 0 Å². The molecule has 0 spiro atoms. The summed E-state index contributed by atoms with van der Waals surface area (Å²) in [4.78, 5) is 19.1. The van der Waals surface area contributed by atoms with Crippen LogP contribution in [0.3, 0.4) is 0 Å². The van der Waals surface area contributed by atoms with E-state index in [1.165, 1.54) is 0 Å². The molecule has 0 aliphatic rings. The quantitative estimate of drug-likeness (QED) is 0.905. The highest BCUT2D eigenvalue weighted by Crippen LogP contribution is 2.27. The number of benzene rings is 1. The number of thiazole rings is 1. The molecule has 0 bridgehead atoms. The van der Waals surface area contributed by atoms with E-state index < -0.39 is 0 Å². The molecule has 0 saturated heterocycles. The van der Waals surface area contributed by atoms with Crippen LogP contribution in [0.4, 0.5) is 16.2 Å². The number of hydrogen-bond donors (Lipinski definition) is 2. The molecular formula is C14H17ClN4OS. The maximum absolute atomic E-state index is 12.0. The second-order valence-corrected chi connectivity index (χ2v) is 6.46. The zero-order valence-corrected chi connectivity index (χ0v) is 13.7. The minimum atomic E-state index is -0.272. The Kier molecular flexibility index (Phi) is 5.03. The number of hydrogen-bond acceptors (Lipinski definition) is 4. The Labute approximate surface area is 132 Å². The monoisotopic (exact) mass is 324 g/mol. The third-order valence-corrected chi connectivity index (χ3v) is 3.93.